The fourth-order valence-corrected chi connectivity index (χ4v) is 1.45. The van der Waals surface area contributed by atoms with Crippen LogP contribution in [0.4, 0.5) is 18.3 Å². The van der Waals surface area contributed by atoms with Gasteiger partial charge in [0.2, 0.25) is 11.0 Å². The number of hydrogen-bond acceptors (Lipinski definition) is 4. The topological polar surface area (TPSA) is 37.8 Å². The average Bonchev–Trinajstić information content (AvgIpc) is 2.63. The Bertz CT molecular complexity index is 351. The minimum absolute atomic E-state index is 0.158. The predicted molar refractivity (Wildman–Crippen MR) is 57.9 cm³/mol. The summed E-state index contributed by atoms with van der Waals surface area (Å²) in [4.78, 5) is 3.35. The summed E-state index contributed by atoms with van der Waals surface area (Å²) in [6.07, 6.45) is -4.49. The molecule has 92 valence electrons. The van der Waals surface area contributed by atoms with E-state index in [-0.39, 0.29) is 10.5 Å². The summed E-state index contributed by atoms with van der Waals surface area (Å²) in [5.74, 6) is -0.700. The molecule has 1 aromatic heterocycles. The number of anilines is 1. The quantitative estimate of drug-likeness (QED) is 0.856. The van der Waals surface area contributed by atoms with Crippen LogP contribution in [0.5, 0.6) is 0 Å². The van der Waals surface area contributed by atoms with Crippen LogP contribution < -0.4 is 5.32 Å². The maximum absolute atomic E-state index is 12.2. The SMILES string of the molecule is CC(C)(CCl)CNc1nc(C(F)(F)F)ns1. The lowest BCUT2D eigenvalue weighted by Crippen LogP contribution is -2.24. The van der Waals surface area contributed by atoms with Gasteiger partial charge in [0.1, 0.15) is 0 Å². The van der Waals surface area contributed by atoms with E-state index in [1.165, 1.54) is 0 Å². The molecule has 1 heterocycles. The molecule has 0 aliphatic carbocycles. The van der Waals surface area contributed by atoms with Gasteiger partial charge in [0.05, 0.1) is 0 Å². The highest BCUT2D eigenvalue weighted by atomic mass is 35.5. The molecule has 0 aromatic carbocycles. The first-order valence-corrected chi connectivity index (χ1v) is 5.76. The zero-order valence-corrected chi connectivity index (χ0v) is 10.3. The van der Waals surface area contributed by atoms with Crippen molar-refractivity contribution in [2.45, 2.75) is 20.0 Å². The molecule has 8 heteroatoms. The lowest BCUT2D eigenvalue weighted by Gasteiger charge is -2.20. The molecule has 0 atom stereocenters. The van der Waals surface area contributed by atoms with E-state index in [1.807, 2.05) is 13.8 Å². The third-order valence-electron chi connectivity index (χ3n) is 1.76. The minimum Gasteiger partial charge on any atom is -0.360 e. The van der Waals surface area contributed by atoms with Gasteiger partial charge in [0, 0.05) is 24.0 Å². The van der Waals surface area contributed by atoms with Gasteiger partial charge >= 0.3 is 6.18 Å². The first kappa shape index (κ1) is 13.5. The Kier molecular flexibility index (Phi) is 4.01. The maximum atomic E-state index is 12.2. The zero-order valence-electron chi connectivity index (χ0n) is 8.73. The average molecular weight is 274 g/mol. The van der Waals surface area contributed by atoms with Crippen molar-refractivity contribution in [2.24, 2.45) is 5.41 Å². The first-order valence-electron chi connectivity index (χ1n) is 4.45. The van der Waals surface area contributed by atoms with E-state index in [4.69, 9.17) is 11.6 Å². The summed E-state index contributed by atoms with van der Waals surface area (Å²) in [7, 11) is 0. The second-order valence-electron chi connectivity index (χ2n) is 4.07. The van der Waals surface area contributed by atoms with Gasteiger partial charge in [-0.05, 0) is 5.41 Å². The van der Waals surface area contributed by atoms with E-state index in [0.717, 1.165) is 0 Å². The Morgan fingerprint density at radius 3 is 2.44 bits per heavy atom. The number of alkyl halides is 4. The Labute approximate surface area is 100 Å². The van der Waals surface area contributed by atoms with E-state index in [0.29, 0.717) is 24.0 Å². The van der Waals surface area contributed by atoms with E-state index in [9.17, 15) is 13.2 Å². The summed E-state index contributed by atoms with van der Waals surface area (Å²) >= 11 is 6.38. The van der Waals surface area contributed by atoms with Crippen LogP contribution in [0, 0.1) is 5.41 Å². The van der Waals surface area contributed by atoms with Crippen LogP contribution in [0.25, 0.3) is 0 Å². The van der Waals surface area contributed by atoms with Crippen LogP contribution in [-0.4, -0.2) is 21.8 Å². The molecule has 0 saturated carbocycles. The molecule has 0 bridgehead atoms. The van der Waals surface area contributed by atoms with Crippen LogP contribution in [0.1, 0.15) is 19.7 Å². The molecule has 0 aliphatic heterocycles. The second kappa shape index (κ2) is 4.75. The van der Waals surface area contributed by atoms with E-state index in [2.05, 4.69) is 14.7 Å². The smallest absolute Gasteiger partial charge is 0.360 e. The Morgan fingerprint density at radius 2 is 2.00 bits per heavy atom. The van der Waals surface area contributed by atoms with E-state index >= 15 is 0 Å². The van der Waals surface area contributed by atoms with Crippen molar-refractivity contribution in [3.8, 4) is 0 Å². The molecular weight excluding hydrogens is 263 g/mol. The fraction of sp³-hybridized carbons (Fsp3) is 0.750. The minimum atomic E-state index is -4.49. The van der Waals surface area contributed by atoms with Gasteiger partial charge in [-0.2, -0.15) is 22.5 Å². The normalized spacial score (nSPS) is 12.9. The number of aromatic nitrogens is 2. The maximum Gasteiger partial charge on any atom is 0.452 e. The molecule has 0 radical (unpaired) electrons. The third kappa shape index (κ3) is 3.79. The van der Waals surface area contributed by atoms with Crippen molar-refractivity contribution >= 4 is 28.3 Å². The highest BCUT2D eigenvalue weighted by molar-refractivity contribution is 7.09. The third-order valence-corrected chi connectivity index (χ3v) is 3.16. The molecule has 1 aromatic rings. The molecule has 3 nitrogen and oxygen atoms in total. The fourth-order valence-electron chi connectivity index (χ4n) is 0.773. The zero-order chi connectivity index (χ0) is 12.4. The van der Waals surface area contributed by atoms with Crippen LogP contribution >= 0.6 is 23.1 Å². The van der Waals surface area contributed by atoms with Crippen LogP contribution in [0.3, 0.4) is 0 Å². The Morgan fingerprint density at radius 1 is 1.38 bits per heavy atom. The Hall–Kier alpha value is -0.560. The molecule has 1 rings (SSSR count). The van der Waals surface area contributed by atoms with Crippen LogP contribution in [-0.2, 0) is 6.18 Å². The van der Waals surface area contributed by atoms with Crippen LogP contribution in [0.15, 0.2) is 0 Å². The first-order chi connectivity index (χ1) is 7.24. The Balaban J connectivity index is 2.60. The van der Waals surface area contributed by atoms with E-state index < -0.39 is 12.0 Å². The highest BCUT2D eigenvalue weighted by Crippen LogP contribution is 2.29. The van der Waals surface area contributed by atoms with Gasteiger partial charge in [-0.15, -0.1) is 11.6 Å². The summed E-state index contributed by atoms with van der Waals surface area (Å²) in [6.45, 7) is 4.25. The lowest BCUT2D eigenvalue weighted by atomic mass is 9.97. The van der Waals surface area contributed by atoms with Gasteiger partial charge < -0.3 is 5.32 Å². The summed E-state index contributed by atoms with van der Waals surface area (Å²) in [6, 6.07) is 0. The van der Waals surface area contributed by atoms with Crippen molar-refractivity contribution in [1.82, 2.24) is 9.36 Å². The van der Waals surface area contributed by atoms with Crippen molar-refractivity contribution in [3.05, 3.63) is 5.82 Å². The number of hydrogen-bond donors (Lipinski definition) is 1. The molecule has 0 unspecified atom stereocenters. The largest absolute Gasteiger partial charge is 0.452 e. The van der Waals surface area contributed by atoms with Crippen LogP contribution in [0.2, 0.25) is 0 Å². The van der Waals surface area contributed by atoms with Gasteiger partial charge in [0.25, 0.3) is 0 Å². The highest BCUT2D eigenvalue weighted by Gasteiger charge is 2.36. The number of nitrogens with one attached hydrogen (secondary N) is 1. The number of nitrogens with zero attached hydrogens (tertiary/aromatic N) is 2. The lowest BCUT2D eigenvalue weighted by molar-refractivity contribution is -0.144. The molecule has 0 aliphatic rings. The monoisotopic (exact) mass is 273 g/mol. The number of halogens is 4. The number of rotatable bonds is 4. The van der Waals surface area contributed by atoms with Crippen molar-refractivity contribution in [2.75, 3.05) is 17.7 Å². The molecular formula is C8H11ClF3N3S. The van der Waals surface area contributed by atoms with Crippen molar-refractivity contribution in [3.63, 3.8) is 0 Å². The van der Waals surface area contributed by atoms with Crippen molar-refractivity contribution in [1.29, 1.82) is 0 Å². The van der Waals surface area contributed by atoms with Gasteiger partial charge in [-0.25, -0.2) is 0 Å². The standard InChI is InChI=1S/C8H11ClF3N3S/c1-7(2,3-9)4-13-6-14-5(15-16-6)8(10,11)12/h3-4H2,1-2H3,(H,13,14,15). The summed E-state index contributed by atoms with van der Waals surface area (Å²) in [5.41, 5.74) is -0.203. The second-order valence-corrected chi connectivity index (χ2v) is 5.09. The van der Waals surface area contributed by atoms with Gasteiger partial charge in [-0.1, -0.05) is 13.8 Å². The molecule has 16 heavy (non-hydrogen) atoms. The summed E-state index contributed by atoms with van der Waals surface area (Å²) < 4.78 is 39.7. The van der Waals surface area contributed by atoms with Gasteiger partial charge in [0.15, 0.2) is 0 Å². The molecule has 0 saturated heterocycles. The molecule has 0 spiro atoms. The van der Waals surface area contributed by atoms with E-state index in [1.54, 1.807) is 0 Å². The predicted octanol–water partition coefficient (Wildman–Crippen LogP) is 3.23. The molecule has 1 N–H and O–H groups in total. The van der Waals surface area contributed by atoms with Gasteiger partial charge in [-0.3, -0.25) is 0 Å². The summed E-state index contributed by atoms with van der Waals surface area (Å²) in [5, 5.41) is 2.95. The van der Waals surface area contributed by atoms with Crippen molar-refractivity contribution < 1.29 is 13.2 Å². The molecule has 0 amide bonds. The molecule has 0 fully saturated rings.